The molecular weight excluding hydrogens is 348 g/mol. The maximum absolute atomic E-state index is 12.3. The number of hydrogen-bond acceptors (Lipinski definition) is 6. The molecule has 6 heteroatoms. The number of fused-ring (bicyclic) bond motifs is 1. The standard InChI is InChI=1S/C21H20O6/c1-23-18-6-4-14(10-20(18)24-2)8-17-16(11-25-21(17)22)7-13-3-5-15-12-26-27-19(15)9-13/h3-6,8-10,16H,7,11-12H2,1-2H3/b17-8-. The lowest BCUT2D eigenvalue weighted by Crippen LogP contribution is -2.07. The summed E-state index contributed by atoms with van der Waals surface area (Å²) in [5.41, 5.74) is 3.61. The zero-order valence-electron chi connectivity index (χ0n) is 15.2. The summed E-state index contributed by atoms with van der Waals surface area (Å²) in [7, 11) is 3.17. The highest BCUT2D eigenvalue weighted by Gasteiger charge is 2.31. The molecule has 0 N–H and O–H groups in total. The molecule has 0 radical (unpaired) electrons. The van der Waals surface area contributed by atoms with E-state index in [0.29, 0.717) is 36.7 Å². The van der Waals surface area contributed by atoms with Crippen molar-refractivity contribution in [1.29, 1.82) is 0 Å². The summed E-state index contributed by atoms with van der Waals surface area (Å²) >= 11 is 0. The molecule has 2 heterocycles. The third-order valence-corrected chi connectivity index (χ3v) is 4.80. The van der Waals surface area contributed by atoms with Crippen LogP contribution in [0.15, 0.2) is 42.0 Å². The van der Waals surface area contributed by atoms with Crippen LogP contribution >= 0.6 is 0 Å². The van der Waals surface area contributed by atoms with Gasteiger partial charge in [-0.3, -0.25) is 0 Å². The highest BCUT2D eigenvalue weighted by molar-refractivity contribution is 5.96. The van der Waals surface area contributed by atoms with Crippen LogP contribution in [0.1, 0.15) is 16.7 Å². The van der Waals surface area contributed by atoms with Gasteiger partial charge in [-0.1, -0.05) is 18.2 Å². The van der Waals surface area contributed by atoms with Crippen LogP contribution in [0.3, 0.4) is 0 Å². The van der Waals surface area contributed by atoms with Crippen LogP contribution in [-0.2, 0) is 27.4 Å². The van der Waals surface area contributed by atoms with E-state index in [0.717, 1.165) is 22.4 Å². The quantitative estimate of drug-likeness (QED) is 0.458. The Morgan fingerprint density at radius 2 is 1.96 bits per heavy atom. The molecule has 0 bridgehead atoms. The third kappa shape index (κ3) is 3.48. The van der Waals surface area contributed by atoms with Gasteiger partial charge < -0.3 is 19.1 Å². The van der Waals surface area contributed by atoms with Crippen molar-refractivity contribution in [3.8, 4) is 17.2 Å². The number of ether oxygens (including phenoxy) is 3. The minimum Gasteiger partial charge on any atom is -0.493 e. The van der Waals surface area contributed by atoms with Gasteiger partial charge in [-0.2, -0.15) is 4.89 Å². The molecule has 1 fully saturated rings. The molecule has 1 atom stereocenters. The Morgan fingerprint density at radius 3 is 2.78 bits per heavy atom. The molecular formula is C21H20O6. The first-order valence-electron chi connectivity index (χ1n) is 8.70. The van der Waals surface area contributed by atoms with E-state index in [9.17, 15) is 4.79 Å². The summed E-state index contributed by atoms with van der Waals surface area (Å²) in [5, 5.41) is 0. The van der Waals surface area contributed by atoms with Gasteiger partial charge >= 0.3 is 5.97 Å². The molecule has 0 amide bonds. The lowest BCUT2D eigenvalue weighted by molar-refractivity contribution is -0.194. The molecule has 0 aromatic heterocycles. The van der Waals surface area contributed by atoms with E-state index in [2.05, 4.69) is 0 Å². The molecule has 4 rings (SSSR count). The average Bonchev–Trinajstić information content (AvgIpc) is 3.29. The minimum atomic E-state index is -0.282. The lowest BCUT2D eigenvalue weighted by Gasteiger charge is -2.11. The van der Waals surface area contributed by atoms with Crippen molar-refractivity contribution in [2.45, 2.75) is 13.0 Å². The first-order chi connectivity index (χ1) is 13.2. The van der Waals surface area contributed by atoms with E-state index in [4.69, 9.17) is 24.0 Å². The summed E-state index contributed by atoms with van der Waals surface area (Å²) in [5.74, 6) is 1.70. The Morgan fingerprint density at radius 1 is 1.11 bits per heavy atom. The van der Waals surface area contributed by atoms with Crippen LogP contribution in [0.4, 0.5) is 0 Å². The van der Waals surface area contributed by atoms with Gasteiger partial charge in [-0.25, -0.2) is 4.79 Å². The molecule has 1 unspecified atom stereocenters. The van der Waals surface area contributed by atoms with E-state index in [1.54, 1.807) is 14.2 Å². The molecule has 0 aliphatic carbocycles. The predicted octanol–water partition coefficient (Wildman–Crippen LogP) is 3.33. The van der Waals surface area contributed by atoms with Crippen LogP contribution in [0, 0.1) is 5.92 Å². The van der Waals surface area contributed by atoms with Crippen LogP contribution < -0.4 is 14.4 Å². The first-order valence-corrected chi connectivity index (χ1v) is 8.70. The number of carbonyl (C=O) groups is 1. The first kappa shape index (κ1) is 17.4. The number of methoxy groups -OCH3 is 2. The summed E-state index contributed by atoms with van der Waals surface area (Å²) < 4.78 is 15.9. The van der Waals surface area contributed by atoms with Crippen LogP contribution in [-0.4, -0.2) is 26.8 Å². The number of hydrogen-bond donors (Lipinski definition) is 0. The Kier molecular flexibility index (Phi) is 4.73. The summed E-state index contributed by atoms with van der Waals surface area (Å²) in [6.45, 7) is 0.831. The maximum Gasteiger partial charge on any atom is 0.334 e. The topological polar surface area (TPSA) is 63.2 Å². The second-order valence-electron chi connectivity index (χ2n) is 6.50. The van der Waals surface area contributed by atoms with Crippen molar-refractivity contribution in [2.75, 3.05) is 20.8 Å². The summed E-state index contributed by atoms with van der Waals surface area (Å²) in [6, 6.07) is 11.5. The number of cyclic esters (lactones) is 1. The highest BCUT2D eigenvalue weighted by Crippen LogP contribution is 2.33. The molecule has 0 saturated carbocycles. The van der Waals surface area contributed by atoms with Gasteiger partial charge in [0, 0.05) is 17.1 Å². The summed E-state index contributed by atoms with van der Waals surface area (Å²) in [6.07, 6.45) is 2.54. The zero-order chi connectivity index (χ0) is 18.8. The Bertz CT molecular complexity index is 902. The Labute approximate surface area is 157 Å². The third-order valence-electron chi connectivity index (χ3n) is 4.80. The number of benzene rings is 2. The van der Waals surface area contributed by atoms with Crippen LogP contribution in [0.25, 0.3) is 6.08 Å². The van der Waals surface area contributed by atoms with Crippen molar-refractivity contribution in [3.63, 3.8) is 0 Å². The molecule has 6 nitrogen and oxygen atoms in total. The van der Waals surface area contributed by atoms with Crippen molar-refractivity contribution < 1.29 is 28.8 Å². The molecule has 2 aliphatic rings. The van der Waals surface area contributed by atoms with Gasteiger partial charge in [0.1, 0.15) is 6.61 Å². The molecule has 2 aromatic carbocycles. The summed E-state index contributed by atoms with van der Waals surface area (Å²) in [4.78, 5) is 22.4. The fraction of sp³-hybridized carbons (Fsp3) is 0.286. The molecule has 0 spiro atoms. The normalized spacial score (nSPS) is 19.6. The van der Waals surface area contributed by atoms with Crippen LogP contribution in [0.5, 0.6) is 17.2 Å². The van der Waals surface area contributed by atoms with Gasteiger partial charge in [0.25, 0.3) is 0 Å². The van der Waals surface area contributed by atoms with E-state index in [1.807, 2.05) is 42.5 Å². The Hall–Kier alpha value is -2.99. The zero-order valence-corrected chi connectivity index (χ0v) is 15.2. The van der Waals surface area contributed by atoms with E-state index >= 15 is 0 Å². The molecule has 2 aromatic rings. The number of carbonyl (C=O) groups excluding carboxylic acids is 1. The predicted molar refractivity (Wildman–Crippen MR) is 97.5 cm³/mol. The molecule has 1 saturated heterocycles. The van der Waals surface area contributed by atoms with Gasteiger partial charge in [0.05, 0.1) is 20.8 Å². The Balaban J connectivity index is 1.59. The minimum absolute atomic E-state index is 0.0223. The number of esters is 1. The average molecular weight is 368 g/mol. The van der Waals surface area contributed by atoms with Crippen molar-refractivity contribution in [3.05, 3.63) is 58.7 Å². The van der Waals surface area contributed by atoms with Crippen LogP contribution in [0.2, 0.25) is 0 Å². The van der Waals surface area contributed by atoms with Crippen molar-refractivity contribution >= 4 is 12.0 Å². The van der Waals surface area contributed by atoms with Crippen molar-refractivity contribution in [2.24, 2.45) is 5.92 Å². The number of rotatable bonds is 5. The monoisotopic (exact) mass is 368 g/mol. The van der Waals surface area contributed by atoms with E-state index < -0.39 is 0 Å². The smallest absolute Gasteiger partial charge is 0.334 e. The largest absolute Gasteiger partial charge is 0.493 e. The fourth-order valence-electron chi connectivity index (χ4n) is 3.35. The molecule has 2 aliphatic heterocycles. The van der Waals surface area contributed by atoms with Gasteiger partial charge in [-0.15, -0.1) is 0 Å². The highest BCUT2D eigenvalue weighted by atomic mass is 17.2. The van der Waals surface area contributed by atoms with Gasteiger partial charge in [-0.05, 0) is 41.8 Å². The van der Waals surface area contributed by atoms with E-state index in [1.165, 1.54) is 0 Å². The second kappa shape index (κ2) is 7.32. The van der Waals surface area contributed by atoms with Crippen molar-refractivity contribution in [1.82, 2.24) is 0 Å². The molecule has 27 heavy (non-hydrogen) atoms. The lowest BCUT2D eigenvalue weighted by atomic mass is 9.92. The van der Waals surface area contributed by atoms with Gasteiger partial charge in [0.2, 0.25) is 0 Å². The van der Waals surface area contributed by atoms with Gasteiger partial charge in [0.15, 0.2) is 17.2 Å². The fourth-order valence-corrected chi connectivity index (χ4v) is 3.35. The second-order valence-corrected chi connectivity index (χ2v) is 6.50. The molecule has 140 valence electrons. The maximum atomic E-state index is 12.3. The SMILES string of the molecule is COc1ccc(/C=C2\C(=O)OCC2Cc2ccc3c(c2)OOC3)cc1OC. The van der Waals surface area contributed by atoms with E-state index in [-0.39, 0.29) is 11.9 Å².